The third kappa shape index (κ3) is 1.59. The number of azide groups is 1. The van der Waals surface area contributed by atoms with Crippen LogP contribution in [0.25, 0.3) is 21.3 Å². The lowest BCUT2D eigenvalue weighted by Gasteiger charge is -1.92. The summed E-state index contributed by atoms with van der Waals surface area (Å²) >= 11 is 0. The zero-order chi connectivity index (χ0) is 10.7. The van der Waals surface area contributed by atoms with Gasteiger partial charge in [0.15, 0.2) is 0 Å². The van der Waals surface area contributed by atoms with Crippen molar-refractivity contribution in [2.24, 2.45) is 5.11 Å². The molecule has 2 aromatic rings. The molecule has 0 aliphatic carbocycles. The molecule has 0 aliphatic heterocycles. The number of fused-ring (bicyclic) bond motifs is 1. The summed E-state index contributed by atoms with van der Waals surface area (Å²) in [5, 5.41) is 19.8. The molecule has 6 nitrogen and oxygen atoms in total. The number of aromatic nitrogens is 2. The second-order valence-electron chi connectivity index (χ2n) is 2.93. The van der Waals surface area contributed by atoms with E-state index in [0.29, 0.717) is 5.56 Å². The first kappa shape index (κ1) is 9.06. The predicted octanol–water partition coefficient (Wildman–Crippen LogP) is 2.24. The fraction of sp³-hybridized carbons (Fsp3) is 0.111. The fourth-order valence-corrected chi connectivity index (χ4v) is 1.36. The van der Waals surface area contributed by atoms with Crippen LogP contribution in [-0.4, -0.2) is 10.2 Å². The quantitative estimate of drug-likeness (QED) is 0.454. The van der Waals surface area contributed by atoms with Gasteiger partial charge in [0.25, 0.3) is 0 Å². The van der Waals surface area contributed by atoms with Crippen LogP contribution in [0.2, 0.25) is 0 Å². The van der Waals surface area contributed by atoms with Gasteiger partial charge >= 0.3 is 0 Å². The number of benzene rings is 1. The van der Waals surface area contributed by atoms with Crippen molar-refractivity contribution in [3.05, 3.63) is 39.9 Å². The molecule has 0 fully saturated rings. The first-order valence-electron chi connectivity index (χ1n) is 4.23. The smallest absolute Gasteiger partial charge is 0.0991 e. The molecular formula is C9H6N6. The van der Waals surface area contributed by atoms with Gasteiger partial charge in [0.2, 0.25) is 0 Å². The van der Waals surface area contributed by atoms with Crippen molar-refractivity contribution in [1.29, 1.82) is 5.26 Å². The Morgan fingerprint density at radius 1 is 1.60 bits per heavy atom. The highest BCUT2D eigenvalue weighted by molar-refractivity contribution is 5.82. The Balaban J connectivity index is 2.57. The van der Waals surface area contributed by atoms with E-state index in [0.717, 1.165) is 16.6 Å². The fourth-order valence-electron chi connectivity index (χ4n) is 1.36. The molecule has 6 heteroatoms. The molecular weight excluding hydrogens is 192 g/mol. The molecule has 1 N–H and O–H groups in total. The monoisotopic (exact) mass is 198 g/mol. The summed E-state index contributed by atoms with van der Waals surface area (Å²) in [6.07, 6.45) is 0. The van der Waals surface area contributed by atoms with Gasteiger partial charge in [-0.2, -0.15) is 10.4 Å². The lowest BCUT2D eigenvalue weighted by molar-refractivity contribution is 0.949. The van der Waals surface area contributed by atoms with Crippen LogP contribution >= 0.6 is 0 Å². The zero-order valence-electron chi connectivity index (χ0n) is 7.68. The first-order valence-corrected chi connectivity index (χ1v) is 4.23. The summed E-state index contributed by atoms with van der Waals surface area (Å²) in [4.78, 5) is 2.67. The third-order valence-electron chi connectivity index (χ3n) is 2.05. The largest absolute Gasteiger partial charge is 0.281 e. The number of nitrogens with one attached hydrogen (secondary N) is 1. The van der Waals surface area contributed by atoms with Crippen molar-refractivity contribution in [2.75, 3.05) is 0 Å². The second-order valence-corrected chi connectivity index (χ2v) is 2.93. The molecule has 0 bridgehead atoms. The number of hydrogen-bond donors (Lipinski definition) is 1. The molecule has 0 radical (unpaired) electrons. The molecule has 0 saturated heterocycles. The maximum Gasteiger partial charge on any atom is 0.0991 e. The lowest BCUT2D eigenvalue weighted by Crippen LogP contribution is -1.81. The van der Waals surface area contributed by atoms with Gasteiger partial charge in [-0.25, -0.2) is 0 Å². The number of rotatable bonds is 2. The molecule has 0 unspecified atom stereocenters. The van der Waals surface area contributed by atoms with Crippen LogP contribution < -0.4 is 0 Å². The third-order valence-corrected chi connectivity index (χ3v) is 2.05. The van der Waals surface area contributed by atoms with Crippen LogP contribution in [0.5, 0.6) is 0 Å². The molecule has 1 heterocycles. The Kier molecular flexibility index (Phi) is 2.23. The van der Waals surface area contributed by atoms with Gasteiger partial charge in [-0.05, 0) is 23.7 Å². The summed E-state index contributed by atoms with van der Waals surface area (Å²) in [6, 6.07) is 7.22. The molecule has 0 saturated carbocycles. The van der Waals surface area contributed by atoms with E-state index in [1.165, 1.54) is 0 Å². The number of hydrogen-bond acceptors (Lipinski definition) is 3. The maximum absolute atomic E-state index is 8.74. The van der Waals surface area contributed by atoms with Crippen LogP contribution in [-0.2, 0) is 6.54 Å². The van der Waals surface area contributed by atoms with E-state index in [-0.39, 0.29) is 6.54 Å². The normalized spacial score (nSPS) is 9.53. The minimum absolute atomic E-state index is 0.210. The number of aromatic amines is 1. The predicted molar refractivity (Wildman–Crippen MR) is 53.7 cm³/mol. The van der Waals surface area contributed by atoms with Crippen LogP contribution in [0.15, 0.2) is 23.3 Å². The van der Waals surface area contributed by atoms with Gasteiger partial charge in [-0.3, -0.25) is 5.10 Å². The number of nitriles is 1. The lowest BCUT2D eigenvalue weighted by atomic mass is 10.1. The van der Waals surface area contributed by atoms with E-state index in [1.54, 1.807) is 18.2 Å². The molecule has 2 rings (SSSR count). The average molecular weight is 198 g/mol. The van der Waals surface area contributed by atoms with E-state index in [4.69, 9.17) is 10.8 Å². The van der Waals surface area contributed by atoms with E-state index >= 15 is 0 Å². The van der Waals surface area contributed by atoms with E-state index in [9.17, 15) is 0 Å². The Morgan fingerprint density at radius 2 is 2.47 bits per heavy atom. The van der Waals surface area contributed by atoms with Gasteiger partial charge in [-0.1, -0.05) is 5.11 Å². The molecule has 0 amide bonds. The first-order chi connectivity index (χ1) is 7.35. The van der Waals surface area contributed by atoms with E-state index < -0.39 is 0 Å². The van der Waals surface area contributed by atoms with Crippen molar-refractivity contribution in [3.63, 3.8) is 0 Å². The number of nitrogens with zero attached hydrogens (tertiary/aromatic N) is 5. The zero-order valence-corrected chi connectivity index (χ0v) is 7.68. The van der Waals surface area contributed by atoms with Gasteiger partial charge in [-0.15, -0.1) is 0 Å². The van der Waals surface area contributed by atoms with Gasteiger partial charge in [0, 0.05) is 16.0 Å². The summed E-state index contributed by atoms with van der Waals surface area (Å²) < 4.78 is 0. The SMILES string of the molecule is N#Cc1ccc2n[nH]c(CN=[N+]=[N-])c2c1. The summed E-state index contributed by atoms with van der Waals surface area (Å²) in [6.45, 7) is 0.210. The van der Waals surface area contributed by atoms with Crippen LogP contribution in [0, 0.1) is 11.3 Å². The Labute approximate surface area is 84.8 Å². The Morgan fingerprint density at radius 3 is 3.20 bits per heavy atom. The number of H-pyrrole nitrogens is 1. The van der Waals surface area contributed by atoms with Gasteiger partial charge in [0.1, 0.15) is 0 Å². The van der Waals surface area contributed by atoms with Crippen molar-refractivity contribution >= 4 is 10.9 Å². The average Bonchev–Trinajstić information content (AvgIpc) is 2.68. The maximum atomic E-state index is 8.74. The minimum atomic E-state index is 0.210. The second kappa shape index (κ2) is 3.70. The van der Waals surface area contributed by atoms with Crippen LogP contribution in [0.4, 0.5) is 0 Å². The molecule has 15 heavy (non-hydrogen) atoms. The van der Waals surface area contributed by atoms with E-state index in [2.05, 4.69) is 20.2 Å². The summed E-state index contributed by atoms with van der Waals surface area (Å²) in [7, 11) is 0. The van der Waals surface area contributed by atoms with Gasteiger partial charge < -0.3 is 0 Å². The minimum Gasteiger partial charge on any atom is -0.281 e. The van der Waals surface area contributed by atoms with E-state index in [1.807, 2.05) is 6.07 Å². The molecule has 1 aromatic carbocycles. The van der Waals surface area contributed by atoms with Crippen molar-refractivity contribution in [1.82, 2.24) is 10.2 Å². The Bertz CT molecular complexity index is 584. The molecule has 72 valence electrons. The topological polar surface area (TPSA) is 101 Å². The highest BCUT2D eigenvalue weighted by Gasteiger charge is 2.04. The van der Waals surface area contributed by atoms with Gasteiger partial charge in [0.05, 0.1) is 23.7 Å². The van der Waals surface area contributed by atoms with Crippen LogP contribution in [0.1, 0.15) is 11.3 Å². The van der Waals surface area contributed by atoms with Crippen molar-refractivity contribution in [3.8, 4) is 6.07 Å². The highest BCUT2D eigenvalue weighted by Crippen LogP contribution is 2.18. The Hall–Kier alpha value is -2.51. The van der Waals surface area contributed by atoms with Crippen molar-refractivity contribution in [2.45, 2.75) is 6.54 Å². The molecule has 0 spiro atoms. The van der Waals surface area contributed by atoms with Crippen molar-refractivity contribution < 1.29 is 0 Å². The van der Waals surface area contributed by atoms with Crippen LogP contribution in [0.3, 0.4) is 0 Å². The highest BCUT2D eigenvalue weighted by atomic mass is 15.2. The summed E-state index contributed by atoms with van der Waals surface area (Å²) in [5.41, 5.74) is 10.3. The molecule has 0 atom stereocenters. The summed E-state index contributed by atoms with van der Waals surface area (Å²) in [5.74, 6) is 0. The standard InChI is InChI=1S/C9H6N6/c10-4-6-1-2-8-7(3-6)9(14-13-8)5-12-15-11/h1-3H,5H2,(H,13,14). The molecule has 0 aliphatic rings. The molecule has 1 aromatic heterocycles.